The Labute approximate surface area is 123 Å². The van der Waals surface area contributed by atoms with Gasteiger partial charge in [-0.2, -0.15) is 0 Å². The van der Waals surface area contributed by atoms with E-state index >= 15 is 0 Å². The number of rotatable bonds is 5. The van der Waals surface area contributed by atoms with Crippen molar-refractivity contribution in [3.05, 3.63) is 42.4 Å². The van der Waals surface area contributed by atoms with Crippen LogP contribution in [-0.4, -0.2) is 16.7 Å². The molecule has 5 heteroatoms. The molecule has 3 aromatic rings. The van der Waals surface area contributed by atoms with Crippen LogP contribution in [0.4, 0.5) is 5.95 Å². The van der Waals surface area contributed by atoms with E-state index in [1.165, 1.54) is 0 Å². The smallest absolute Gasteiger partial charge is 0.201 e. The monoisotopic (exact) mass is 285 g/mol. The Balaban J connectivity index is 1.89. The second-order valence-electron chi connectivity index (χ2n) is 5.16. The topological polar surface area (TPSA) is 66.2 Å². The van der Waals surface area contributed by atoms with Crippen molar-refractivity contribution < 1.29 is 9.15 Å². The summed E-state index contributed by atoms with van der Waals surface area (Å²) in [5.41, 5.74) is 7.97. The fourth-order valence-electron chi connectivity index (χ4n) is 2.62. The van der Waals surface area contributed by atoms with Crippen LogP contribution in [0.1, 0.15) is 25.1 Å². The third-order valence-corrected chi connectivity index (χ3v) is 3.75. The quantitative estimate of drug-likeness (QED) is 0.780. The predicted octanol–water partition coefficient (Wildman–Crippen LogP) is 3.41. The van der Waals surface area contributed by atoms with E-state index in [-0.39, 0.29) is 6.04 Å². The van der Waals surface area contributed by atoms with Gasteiger partial charge < -0.3 is 19.5 Å². The Morgan fingerprint density at radius 1 is 1.38 bits per heavy atom. The number of anilines is 1. The van der Waals surface area contributed by atoms with E-state index in [1.807, 2.05) is 30.3 Å². The SMILES string of the molecule is COc1ccc2nc(N)n(C(C)CCc3ccco3)c2c1. The van der Waals surface area contributed by atoms with Gasteiger partial charge >= 0.3 is 0 Å². The minimum Gasteiger partial charge on any atom is -0.497 e. The molecule has 0 saturated carbocycles. The molecular formula is C16H19N3O2. The summed E-state index contributed by atoms with van der Waals surface area (Å²) in [6.07, 6.45) is 3.50. The third kappa shape index (κ3) is 2.59. The maximum Gasteiger partial charge on any atom is 0.201 e. The molecule has 1 aromatic carbocycles. The lowest BCUT2D eigenvalue weighted by atomic mass is 10.1. The molecule has 2 heterocycles. The maximum atomic E-state index is 6.08. The molecule has 0 aliphatic rings. The summed E-state index contributed by atoms with van der Waals surface area (Å²) < 4.78 is 12.7. The number of aryl methyl sites for hydroxylation is 1. The Hall–Kier alpha value is -2.43. The standard InChI is InChI=1S/C16H19N3O2/c1-11(5-6-12-4-3-9-21-12)19-15-10-13(20-2)7-8-14(15)18-16(19)17/h3-4,7-11H,5-6H2,1-2H3,(H2,17,18). The summed E-state index contributed by atoms with van der Waals surface area (Å²) in [7, 11) is 1.66. The average Bonchev–Trinajstić information content (AvgIpc) is 3.10. The largest absolute Gasteiger partial charge is 0.497 e. The van der Waals surface area contributed by atoms with Gasteiger partial charge in [-0.1, -0.05) is 0 Å². The molecule has 2 aromatic heterocycles. The van der Waals surface area contributed by atoms with Crippen molar-refractivity contribution in [3.63, 3.8) is 0 Å². The molecule has 5 nitrogen and oxygen atoms in total. The van der Waals surface area contributed by atoms with E-state index in [0.717, 1.165) is 35.4 Å². The zero-order valence-corrected chi connectivity index (χ0v) is 12.2. The lowest BCUT2D eigenvalue weighted by Crippen LogP contribution is -2.09. The normalized spacial score (nSPS) is 12.7. The van der Waals surface area contributed by atoms with Crippen molar-refractivity contribution in [2.75, 3.05) is 12.8 Å². The zero-order chi connectivity index (χ0) is 14.8. The van der Waals surface area contributed by atoms with Gasteiger partial charge in [0.1, 0.15) is 11.5 Å². The number of imidazole rings is 1. The summed E-state index contributed by atoms with van der Waals surface area (Å²) >= 11 is 0. The van der Waals surface area contributed by atoms with Gasteiger partial charge in [0.25, 0.3) is 0 Å². The Morgan fingerprint density at radius 2 is 2.24 bits per heavy atom. The van der Waals surface area contributed by atoms with Crippen LogP contribution < -0.4 is 10.5 Å². The number of fused-ring (bicyclic) bond motifs is 1. The van der Waals surface area contributed by atoms with Gasteiger partial charge in [0.15, 0.2) is 0 Å². The van der Waals surface area contributed by atoms with Crippen LogP contribution in [0.15, 0.2) is 41.0 Å². The molecule has 0 aliphatic heterocycles. The molecule has 3 rings (SSSR count). The van der Waals surface area contributed by atoms with Crippen molar-refractivity contribution in [2.24, 2.45) is 0 Å². The number of hydrogen-bond acceptors (Lipinski definition) is 4. The second-order valence-corrected chi connectivity index (χ2v) is 5.16. The molecule has 0 bridgehead atoms. The van der Waals surface area contributed by atoms with Gasteiger partial charge in [-0.05, 0) is 37.6 Å². The van der Waals surface area contributed by atoms with E-state index in [0.29, 0.717) is 5.95 Å². The van der Waals surface area contributed by atoms with E-state index < -0.39 is 0 Å². The van der Waals surface area contributed by atoms with Gasteiger partial charge in [-0.15, -0.1) is 0 Å². The average molecular weight is 285 g/mol. The van der Waals surface area contributed by atoms with E-state index in [4.69, 9.17) is 14.9 Å². The number of hydrogen-bond donors (Lipinski definition) is 1. The molecule has 0 aliphatic carbocycles. The van der Waals surface area contributed by atoms with E-state index in [9.17, 15) is 0 Å². The highest BCUT2D eigenvalue weighted by molar-refractivity contribution is 5.80. The van der Waals surface area contributed by atoms with Crippen LogP contribution in [0, 0.1) is 0 Å². The van der Waals surface area contributed by atoms with Crippen LogP contribution in [0.3, 0.4) is 0 Å². The molecular weight excluding hydrogens is 266 g/mol. The van der Waals surface area contributed by atoms with Gasteiger partial charge in [0.2, 0.25) is 5.95 Å². The van der Waals surface area contributed by atoms with Gasteiger partial charge in [0, 0.05) is 18.5 Å². The summed E-state index contributed by atoms with van der Waals surface area (Å²) in [5, 5.41) is 0. The Bertz CT molecular complexity index is 731. The summed E-state index contributed by atoms with van der Waals surface area (Å²) in [6, 6.07) is 9.93. The van der Waals surface area contributed by atoms with Crippen molar-refractivity contribution >= 4 is 17.0 Å². The molecule has 1 unspecified atom stereocenters. The molecule has 0 saturated heterocycles. The van der Waals surface area contributed by atoms with Gasteiger partial charge in [-0.3, -0.25) is 0 Å². The molecule has 21 heavy (non-hydrogen) atoms. The lowest BCUT2D eigenvalue weighted by Gasteiger charge is -2.15. The number of nitrogens with two attached hydrogens (primary N) is 1. The van der Waals surface area contributed by atoms with Crippen molar-refractivity contribution in [3.8, 4) is 5.75 Å². The van der Waals surface area contributed by atoms with Gasteiger partial charge in [0.05, 0.1) is 24.4 Å². The van der Waals surface area contributed by atoms with Crippen molar-refractivity contribution in [2.45, 2.75) is 25.8 Å². The lowest BCUT2D eigenvalue weighted by molar-refractivity contribution is 0.415. The van der Waals surface area contributed by atoms with Crippen LogP contribution in [-0.2, 0) is 6.42 Å². The molecule has 0 amide bonds. The van der Waals surface area contributed by atoms with Crippen LogP contribution in [0.2, 0.25) is 0 Å². The Morgan fingerprint density at radius 3 is 2.95 bits per heavy atom. The van der Waals surface area contributed by atoms with E-state index in [2.05, 4.69) is 16.5 Å². The van der Waals surface area contributed by atoms with Gasteiger partial charge in [-0.25, -0.2) is 4.98 Å². The number of benzene rings is 1. The van der Waals surface area contributed by atoms with Crippen molar-refractivity contribution in [1.82, 2.24) is 9.55 Å². The number of furan rings is 1. The van der Waals surface area contributed by atoms with Crippen LogP contribution in [0.25, 0.3) is 11.0 Å². The summed E-state index contributed by atoms with van der Waals surface area (Å²) in [6.45, 7) is 2.14. The number of nitrogens with zero attached hydrogens (tertiary/aromatic N) is 2. The minimum atomic E-state index is 0.229. The maximum absolute atomic E-state index is 6.08. The molecule has 110 valence electrons. The van der Waals surface area contributed by atoms with Crippen molar-refractivity contribution in [1.29, 1.82) is 0 Å². The fourth-order valence-corrected chi connectivity index (χ4v) is 2.62. The van der Waals surface area contributed by atoms with E-state index in [1.54, 1.807) is 13.4 Å². The second kappa shape index (κ2) is 5.52. The predicted molar refractivity (Wildman–Crippen MR) is 82.4 cm³/mol. The highest BCUT2D eigenvalue weighted by Crippen LogP contribution is 2.28. The first-order valence-electron chi connectivity index (χ1n) is 7.03. The number of ether oxygens (including phenoxy) is 1. The summed E-state index contributed by atoms with van der Waals surface area (Å²) in [4.78, 5) is 4.42. The molecule has 0 spiro atoms. The number of nitrogen functional groups attached to an aromatic ring is 1. The first-order chi connectivity index (χ1) is 10.2. The Kier molecular flexibility index (Phi) is 3.56. The first-order valence-corrected chi connectivity index (χ1v) is 7.03. The molecule has 2 N–H and O–H groups in total. The highest BCUT2D eigenvalue weighted by Gasteiger charge is 2.15. The zero-order valence-electron chi connectivity index (χ0n) is 12.2. The molecule has 0 radical (unpaired) electrons. The molecule has 0 fully saturated rings. The van der Waals surface area contributed by atoms with Crippen LogP contribution >= 0.6 is 0 Å². The highest BCUT2D eigenvalue weighted by atomic mass is 16.5. The summed E-state index contributed by atoms with van der Waals surface area (Å²) in [5.74, 6) is 2.33. The molecule has 1 atom stereocenters. The number of aromatic nitrogens is 2. The van der Waals surface area contributed by atoms with Crippen LogP contribution in [0.5, 0.6) is 5.75 Å². The first kappa shape index (κ1) is 13.5. The fraction of sp³-hybridized carbons (Fsp3) is 0.312. The third-order valence-electron chi connectivity index (χ3n) is 3.75. The number of methoxy groups -OCH3 is 1. The minimum absolute atomic E-state index is 0.229.